The SMILES string of the molecule is CC(O)CC(C)CNC(=O)c1cccc2ncccc12. The Bertz CT molecular complexity index is 591. The van der Waals surface area contributed by atoms with E-state index in [1.807, 2.05) is 31.2 Å². The minimum Gasteiger partial charge on any atom is -0.393 e. The Hall–Kier alpha value is -1.94. The molecular weight excluding hydrogens is 252 g/mol. The van der Waals surface area contributed by atoms with E-state index in [0.717, 1.165) is 10.9 Å². The van der Waals surface area contributed by atoms with Gasteiger partial charge < -0.3 is 10.4 Å². The third-order valence-corrected chi connectivity index (χ3v) is 3.24. The van der Waals surface area contributed by atoms with Gasteiger partial charge in [0.15, 0.2) is 0 Å². The largest absolute Gasteiger partial charge is 0.393 e. The van der Waals surface area contributed by atoms with Gasteiger partial charge in [-0.2, -0.15) is 0 Å². The van der Waals surface area contributed by atoms with E-state index in [0.29, 0.717) is 18.5 Å². The fraction of sp³-hybridized carbons (Fsp3) is 0.375. The zero-order valence-corrected chi connectivity index (χ0v) is 11.8. The average molecular weight is 272 g/mol. The number of hydrogen-bond donors (Lipinski definition) is 2. The van der Waals surface area contributed by atoms with Gasteiger partial charge in [0.1, 0.15) is 0 Å². The van der Waals surface area contributed by atoms with E-state index < -0.39 is 0 Å². The highest BCUT2D eigenvalue weighted by Gasteiger charge is 2.12. The summed E-state index contributed by atoms with van der Waals surface area (Å²) in [6.45, 7) is 4.33. The third-order valence-electron chi connectivity index (χ3n) is 3.24. The molecule has 1 aromatic heterocycles. The Morgan fingerprint density at radius 1 is 1.30 bits per heavy atom. The number of aromatic nitrogens is 1. The number of hydrogen-bond acceptors (Lipinski definition) is 3. The summed E-state index contributed by atoms with van der Waals surface area (Å²) in [4.78, 5) is 16.5. The predicted octanol–water partition coefficient (Wildman–Crippen LogP) is 2.37. The Balaban J connectivity index is 2.08. The molecule has 20 heavy (non-hydrogen) atoms. The molecule has 2 rings (SSSR count). The van der Waals surface area contributed by atoms with Gasteiger partial charge in [0.05, 0.1) is 11.6 Å². The molecule has 1 heterocycles. The summed E-state index contributed by atoms with van der Waals surface area (Å²) in [6.07, 6.45) is 2.05. The molecule has 0 bridgehead atoms. The minimum absolute atomic E-state index is 0.0963. The van der Waals surface area contributed by atoms with Crippen molar-refractivity contribution in [2.45, 2.75) is 26.4 Å². The van der Waals surface area contributed by atoms with Crippen molar-refractivity contribution in [3.8, 4) is 0 Å². The second kappa shape index (κ2) is 6.48. The minimum atomic E-state index is -0.344. The van der Waals surface area contributed by atoms with Crippen LogP contribution in [0.15, 0.2) is 36.5 Å². The zero-order chi connectivity index (χ0) is 14.5. The van der Waals surface area contributed by atoms with Crippen LogP contribution in [0.4, 0.5) is 0 Å². The van der Waals surface area contributed by atoms with Gasteiger partial charge in [-0.1, -0.05) is 19.1 Å². The van der Waals surface area contributed by atoms with E-state index in [1.54, 1.807) is 19.2 Å². The molecule has 0 aliphatic carbocycles. The van der Waals surface area contributed by atoms with Crippen LogP contribution in [0.1, 0.15) is 30.6 Å². The van der Waals surface area contributed by atoms with Crippen molar-refractivity contribution >= 4 is 16.8 Å². The summed E-state index contributed by atoms with van der Waals surface area (Å²) in [6, 6.07) is 9.26. The van der Waals surface area contributed by atoms with Crippen LogP contribution in [0.5, 0.6) is 0 Å². The van der Waals surface area contributed by atoms with Gasteiger partial charge in [0.2, 0.25) is 0 Å². The maximum atomic E-state index is 12.2. The lowest BCUT2D eigenvalue weighted by atomic mass is 10.0. The molecule has 0 aliphatic heterocycles. The molecule has 1 aromatic carbocycles. The number of carbonyl (C=O) groups excluding carboxylic acids is 1. The molecule has 2 unspecified atom stereocenters. The lowest BCUT2D eigenvalue weighted by Gasteiger charge is -2.14. The Kier molecular flexibility index (Phi) is 4.69. The van der Waals surface area contributed by atoms with Gasteiger partial charge in [-0.3, -0.25) is 9.78 Å². The molecule has 2 N–H and O–H groups in total. The second-order valence-electron chi connectivity index (χ2n) is 5.28. The molecule has 106 valence electrons. The van der Waals surface area contributed by atoms with Crippen LogP contribution in [-0.2, 0) is 0 Å². The third kappa shape index (κ3) is 3.54. The van der Waals surface area contributed by atoms with Gasteiger partial charge in [-0.25, -0.2) is 0 Å². The van der Waals surface area contributed by atoms with Gasteiger partial charge in [0, 0.05) is 23.7 Å². The number of pyridine rings is 1. The van der Waals surface area contributed by atoms with Crippen LogP contribution in [0, 0.1) is 5.92 Å². The van der Waals surface area contributed by atoms with E-state index in [4.69, 9.17) is 0 Å². The van der Waals surface area contributed by atoms with Gasteiger partial charge >= 0.3 is 0 Å². The van der Waals surface area contributed by atoms with Crippen LogP contribution >= 0.6 is 0 Å². The molecule has 0 aliphatic rings. The lowest BCUT2D eigenvalue weighted by Crippen LogP contribution is -2.29. The van der Waals surface area contributed by atoms with Crippen molar-refractivity contribution in [3.63, 3.8) is 0 Å². The van der Waals surface area contributed by atoms with Gasteiger partial charge in [-0.15, -0.1) is 0 Å². The fourth-order valence-electron chi connectivity index (χ4n) is 2.33. The summed E-state index contributed by atoms with van der Waals surface area (Å²) >= 11 is 0. The van der Waals surface area contributed by atoms with Gasteiger partial charge in [0.25, 0.3) is 5.91 Å². The Morgan fingerprint density at radius 3 is 2.85 bits per heavy atom. The first kappa shape index (κ1) is 14.5. The first-order valence-electron chi connectivity index (χ1n) is 6.88. The number of benzene rings is 1. The van der Waals surface area contributed by atoms with E-state index in [1.165, 1.54) is 0 Å². The van der Waals surface area contributed by atoms with Crippen molar-refractivity contribution in [1.29, 1.82) is 0 Å². The predicted molar refractivity (Wildman–Crippen MR) is 79.5 cm³/mol. The molecule has 0 radical (unpaired) electrons. The first-order valence-corrected chi connectivity index (χ1v) is 6.88. The number of nitrogens with zero attached hydrogens (tertiary/aromatic N) is 1. The van der Waals surface area contributed by atoms with Crippen LogP contribution in [0.25, 0.3) is 10.9 Å². The van der Waals surface area contributed by atoms with Gasteiger partial charge in [-0.05, 0) is 37.5 Å². The Labute approximate surface area is 118 Å². The molecule has 4 heteroatoms. The van der Waals surface area contributed by atoms with Crippen LogP contribution in [-0.4, -0.2) is 28.6 Å². The standard InChI is InChI=1S/C16H20N2O2/c1-11(9-12(2)19)10-18-16(20)14-5-3-7-15-13(14)6-4-8-17-15/h3-8,11-12,19H,9-10H2,1-2H3,(H,18,20). The molecular formula is C16H20N2O2. The highest BCUT2D eigenvalue weighted by atomic mass is 16.3. The number of nitrogens with one attached hydrogen (secondary N) is 1. The zero-order valence-electron chi connectivity index (χ0n) is 11.8. The van der Waals surface area contributed by atoms with Crippen molar-refractivity contribution in [2.75, 3.05) is 6.54 Å². The van der Waals surface area contributed by atoms with E-state index in [2.05, 4.69) is 10.3 Å². The fourth-order valence-corrected chi connectivity index (χ4v) is 2.33. The van der Waals surface area contributed by atoms with E-state index >= 15 is 0 Å². The first-order chi connectivity index (χ1) is 9.58. The van der Waals surface area contributed by atoms with Crippen LogP contribution in [0.2, 0.25) is 0 Å². The number of aliphatic hydroxyl groups excluding tert-OH is 1. The maximum Gasteiger partial charge on any atom is 0.251 e. The molecule has 2 atom stereocenters. The lowest BCUT2D eigenvalue weighted by molar-refractivity contribution is 0.0941. The second-order valence-corrected chi connectivity index (χ2v) is 5.28. The van der Waals surface area contributed by atoms with Crippen molar-refractivity contribution in [1.82, 2.24) is 10.3 Å². The number of carbonyl (C=O) groups is 1. The molecule has 1 amide bonds. The highest BCUT2D eigenvalue weighted by molar-refractivity contribution is 6.06. The molecule has 2 aromatic rings. The molecule has 4 nitrogen and oxygen atoms in total. The number of fused-ring (bicyclic) bond motifs is 1. The van der Waals surface area contributed by atoms with Crippen LogP contribution in [0.3, 0.4) is 0 Å². The topological polar surface area (TPSA) is 62.2 Å². The summed E-state index contributed by atoms with van der Waals surface area (Å²) < 4.78 is 0. The monoisotopic (exact) mass is 272 g/mol. The molecule has 0 saturated heterocycles. The van der Waals surface area contributed by atoms with Crippen LogP contribution < -0.4 is 5.32 Å². The number of amides is 1. The van der Waals surface area contributed by atoms with Crippen molar-refractivity contribution in [3.05, 3.63) is 42.1 Å². The quantitative estimate of drug-likeness (QED) is 0.878. The van der Waals surface area contributed by atoms with E-state index in [-0.39, 0.29) is 17.9 Å². The summed E-state index contributed by atoms with van der Waals surface area (Å²) in [5.41, 5.74) is 1.46. The number of rotatable bonds is 5. The van der Waals surface area contributed by atoms with Crippen molar-refractivity contribution in [2.24, 2.45) is 5.92 Å². The Morgan fingerprint density at radius 2 is 2.10 bits per heavy atom. The average Bonchev–Trinajstić information content (AvgIpc) is 2.43. The summed E-state index contributed by atoms with van der Waals surface area (Å²) in [5.74, 6) is 0.146. The summed E-state index contributed by atoms with van der Waals surface area (Å²) in [5, 5.41) is 13.1. The normalized spacial score (nSPS) is 13.9. The maximum absolute atomic E-state index is 12.2. The van der Waals surface area contributed by atoms with E-state index in [9.17, 15) is 9.90 Å². The number of aliphatic hydroxyl groups is 1. The summed E-state index contributed by atoms with van der Waals surface area (Å²) in [7, 11) is 0. The molecule has 0 fully saturated rings. The highest BCUT2D eigenvalue weighted by Crippen LogP contribution is 2.16. The van der Waals surface area contributed by atoms with Crippen molar-refractivity contribution < 1.29 is 9.90 Å². The smallest absolute Gasteiger partial charge is 0.251 e. The molecule has 0 spiro atoms. The molecule has 0 saturated carbocycles.